The van der Waals surface area contributed by atoms with E-state index in [1.165, 1.54) is 49.2 Å². The van der Waals surface area contributed by atoms with Crippen LogP contribution < -0.4 is 10.6 Å². The Morgan fingerprint density at radius 2 is 1.62 bits per heavy atom. The Hall–Kier alpha value is -1.16. The summed E-state index contributed by atoms with van der Waals surface area (Å²) in [7, 11) is 1.89. The van der Waals surface area contributed by atoms with Crippen molar-refractivity contribution in [3.63, 3.8) is 0 Å². The molecule has 3 heterocycles. The van der Waals surface area contributed by atoms with Crippen LogP contribution in [0.4, 0.5) is 0 Å². The standard InChI is InChI=1S/C25H37N5S.HI/c1-26-25(27-18-21-9-13-30(14-10-21)20-24-8-5-17-31-24)28-23-11-15-29(16-12-23)19-22-6-3-2-4-7-22;/h2-8,17,21,23H,9-16,18-20H2,1H3,(H2,26,27,28);1H. The van der Waals surface area contributed by atoms with Crippen LogP contribution in [0.25, 0.3) is 0 Å². The molecule has 176 valence electrons. The second-order valence-electron chi connectivity index (χ2n) is 8.93. The first kappa shape index (κ1) is 25.5. The lowest BCUT2D eigenvalue weighted by Gasteiger charge is -2.34. The van der Waals surface area contributed by atoms with Gasteiger partial charge in [-0.25, -0.2) is 0 Å². The number of hydrogen-bond donors (Lipinski definition) is 2. The summed E-state index contributed by atoms with van der Waals surface area (Å²) >= 11 is 1.87. The monoisotopic (exact) mass is 567 g/mol. The van der Waals surface area contributed by atoms with Crippen molar-refractivity contribution in [2.75, 3.05) is 39.8 Å². The highest BCUT2D eigenvalue weighted by Crippen LogP contribution is 2.20. The number of hydrogen-bond acceptors (Lipinski definition) is 4. The summed E-state index contributed by atoms with van der Waals surface area (Å²) in [6.07, 6.45) is 4.89. The molecular weight excluding hydrogens is 529 g/mol. The molecule has 1 aromatic heterocycles. The van der Waals surface area contributed by atoms with Crippen molar-refractivity contribution in [2.45, 2.75) is 44.8 Å². The maximum absolute atomic E-state index is 4.49. The lowest BCUT2D eigenvalue weighted by molar-refractivity contribution is 0.179. The molecule has 2 aromatic rings. The van der Waals surface area contributed by atoms with E-state index in [1.807, 2.05) is 18.4 Å². The van der Waals surface area contributed by atoms with Gasteiger partial charge in [0, 0.05) is 50.7 Å². The molecule has 2 fully saturated rings. The number of likely N-dealkylation sites (tertiary alicyclic amines) is 2. The molecule has 2 saturated heterocycles. The third-order valence-electron chi connectivity index (χ3n) is 6.63. The maximum Gasteiger partial charge on any atom is 0.191 e. The van der Waals surface area contributed by atoms with Crippen LogP contribution in [0.2, 0.25) is 0 Å². The number of piperidine rings is 2. The van der Waals surface area contributed by atoms with Crippen molar-refractivity contribution in [1.82, 2.24) is 20.4 Å². The predicted molar refractivity (Wildman–Crippen MR) is 147 cm³/mol. The lowest BCUT2D eigenvalue weighted by atomic mass is 9.97. The zero-order valence-electron chi connectivity index (χ0n) is 19.2. The van der Waals surface area contributed by atoms with Gasteiger partial charge in [-0.1, -0.05) is 36.4 Å². The SMILES string of the molecule is CN=C(NCC1CCN(Cc2cccs2)CC1)NC1CCN(Cc2ccccc2)CC1.I. The van der Waals surface area contributed by atoms with Crippen LogP contribution in [0.15, 0.2) is 52.8 Å². The van der Waals surface area contributed by atoms with Crippen LogP contribution in [0.1, 0.15) is 36.1 Å². The van der Waals surface area contributed by atoms with E-state index in [1.54, 1.807) is 0 Å². The zero-order chi connectivity index (χ0) is 21.3. The number of rotatable bonds is 7. The number of nitrogens with one attached hydrogen (secondary N) is 2. The number of aliphatic imine (C=N–C) groups is 1. The first-order chi connectivity index (χ1) is 15.3. The van der Waals surface area contributed by atoms with Crippen LogP contribution >= 0.6 is 35.3 Å². The summed E-state index contributed by atoms with van der Waals surface area (Å²) in [4.78, 5) is 11.1. The third kappa shape index (κ3) is 8.01. The molecule has 0 bridgehead atoms. The van der Waals surface area contributed by atoms with Gasteiger partial charge >= 0.3 is 0 Å². The van der Waals surface area contributed by atoms with Gasteiger partial charge in [0.2, 0.25) is 0 Å². The number of thiophene rings is 1. The highest BCUT2D eigenvalue weighted by atomic mass is 127. The number of guanidine groups is 1. The average molecular weight is 568 g/mol. The van der Waals surface area contributed by atoms with Crippen molar-refractivity contribution in [2.24, 2.45) is 10.9 Å². The summed E-state index contributed by atoms with van der Waals surface area (Å²) in [5.41, 5.74) is 1.41. The minimum absolute atomic E-state index is 0. The van der Waals surface area contributed by atoms with E-state index in [2.05, 4.69) is 73.3 Å². The molecule has 0 spiro atoms. The van der Waals surface area contributed by atoms with E-state index in [0.29, 0.717) is 6.04 Å². The normalized spacial score (nSPS) is 19.5. The van der Waals surface area contributed by atoms with Crippen LogP contribution in [0.3, 0.4) is 0 Å². The van der Waals surface area contributed by atoms with E-state index in [4.69, 9.17) is 0 Å². The van der Waals surface area contributed by atoms with E-state index < -0.39 is 0 Å². The van der Waals surface area contributed by atoms with E-state index >= 15 is 0 Å². The molecule has 5 nitrogen and oxygen atoms in total. The Labute approximate surface area is 214 Å². The van der Waals surface area contributed by atoms with Gasteiger partial charge in [0.15, 0.2) is 5.96 Å². The Morgan fingerprint density at radius 1 is 0.938 bits per heavy atom. The quantitative estimate of drug-likeness (QED) is 0.296. The Kier molecular flexibility index (Phi) is 10.8. The molecule has 2 aliphatic rings. The fourth-order valence-corrected chi connectivity index (χ4v) is 5.42. The Bertz CT molecular complexity index is 782. The molecule has 0 aliphatic carbocycles. The largest absolute Gasteiger partial charge is 0.356 e. The predicted octanol–water partition coefficient (Wildman–Crippen LogP) is 4.41. The highest BCUT2D eigenvalue weighted by Gasteiger charge is 2.22. The molecule has 0 radical (unpaired) electrons. The minimum atomic E-state index is 0. The topological polar surface area (TPSA) is 42.9 Å². The Balaban J connectivity index is 0.00000289. The smallest absolute Gasteiger partial charge is 0.191 e. The van der Waals surface area contributed by atoms with Crippen LogP contribution in [-0.4, -0.2) is 61.6 Å². The number of benzene rings is 1. The maximum atomic E-state index is 4.49. The molecule has 4 rings (SSSR count). The van der Waals surface area contributed by atoms with Crippen LogP contribution in [-0.2, 0) is 13.1 Å². The second-order valence-corrected chi connectivity index (χ2v) is 9.96. The van der Waals surface area contributed by atoms with E-state index in [9.17, 15) is 0 Å². The van der Waals surface area contributed by atoms with Crippen molar-refractivity contribution < 1.29 is 0 Å². The average Bonchev–Trinajstić information content (AvgIpc) is 3.32. The second kappa shape index (κ2) is 13.5. The molecular formula is C25H38IN5S. The minimum Gasteiger partial charge on any atom is -0.356 e. The fraction of sp³-hybridized carbons (Fsp3) is 0.560. The van der Waals surface area contributed by atoms with Gasteiger partial charge in [-0.2, -0.15) is 0 Å². The molecule has 2 aliphatic heterocycles. The molecule has 32 heavy (non-hydrogen) atoms. The highest BCUT2D eigenvalue weighted by molar-refractivity contribution is 14.0. The summed E-state index contributed by atoms with van der Waals surface area (Å²) in [5.74, 6) is 1.72. The van der Waals surface area contributed by atoms with Gasteiger partial charge < -0.3 is 10.6 Å². The van der Waals surface area contributed by atoms with Gasteiger partial charge in [0.1, 0.15) is 0 Å². The summed E-state index contributed by atoms with van der Waals surface area (Å²) in [6, 6.07) is 15.7. The van der Waals surface area contributed by atoms with Gasteiger partial charge in [-0.05, 0) is 61.7 Å². The summed E-state index contributed by atoms with van der Waals surface area (Å²) < 4.78 is 0. The summed E-state index contributed by atoms with van der Waals surface area (Å²) in [6.45, 7) is 7.90. The molecule has 2 N–H and O–H groups in total. The van der Waals surface area contributed by atoms with Gasteiger partial charge in [0.25, 0.3) is 0 Å². The molecule has 0 unspecified atom stereocenters. The number of halogens is 1. The molecule has 0 atom stereocenters. The molecule has 0 amide bonds. The third-order valence-corrected chi connectivity index (χ3v) is 7.49. The van der Waals surface area contributed by atoms with Crippen molar-refractivity contribution in [3.05, 3.63) is 58.3 Å². The van der Waals surface area contributed by atoms with Crippen molar-refractivity contribution in [1.29, 1.82) is 0 Å². The van der Waals surface area contributed by atoms with Gasteiger partial charge in [-0.3, -0.25) is 14.8 Å². The first-order valence-electron chi connectivity index (χ1n) is 11.8. The van der Waals surface area contributed by atoms with E-state index in [-0.39, 0.29) is 24.0 Å². The molecule has 7 heteroatoms. The zero-order valence-corrected chi connectivity index (χ0v) is 22.4. The van der Waals surface area contributed by atoms with E-state index in [0.717, 1.165) is 44.6 Å². The van der Waals surface area contributed by atoms with Crippen LogP contribution in [0.5, 0.6) is 0 Å². The van der Waals surface area contributed by atoms with Gasteiger partial charge in [-0.15, -0.1) is 35.3 Å². The molecule has 0 saturated carbocycles. The van der Waals surface area contributed by atoms with Crippen molar-refractivity contribution in [3.8, 4) is 0 Å². The number of nitrogens with zero attached hydrogens (tertiary/aromatic N) is 3. The molecule has 1 aromatic carbocycles. The first-order valence-corrected chi connectivity index (χ1v) is 12.6. The fourth-order valence-electron chi connectivity index (χ4n) is 4.68. The lowest BCUT2D eigenvalue weighted by Crippen LogP contribution is -2.49. The summed E-state index contributed by atoms with van der Waals surface area (Å²) in [5, 5.41) is 9.46. The van der Waals surface area contributed by atoms with Gasteiger partial charge in [0.05, 0.1) is 0 Å². The Morgan fingerprint density at radius 3 is 2.28 bits per heavy atom. The van der Waals surface area contributed by atoms with Crippen molar-refractivity contribution >= 4 is 41.3 Å². The van der Waals surface area contributed by atoms with Crippen LogP contribution in [0, 0.1) is 5.92 Å².